The van der Waals surface area contributed by atoms with Gasteiger partial charge in [0.15, 0.2) is 0 Å². The van der Waals surface area contributed by atoms with Crippen molar-refractivity contribution in [3.05, 3.63) is 30.1 Å². The molecule has 1 aromatic rings. The average Bonchev–Trinajstić information content (AvgIpc) is 2.91. The number of nitrogens with zero attached hydrogens (tertiary/aromatic N) is 2. The fraction of sp³-hybridized carbons (Fsp3) is 0.385. The van der Waals surface area contributed by atoms with Gasteiger partial charge in [-0.15, -0.1) is 0 Å². The van der Waals surface area contributed by atoms with E-state index >= 15 is 0 Å². The Labute approximate surface area is 111 Å². The first-order valence-corrected chi connectivity index (χ1v) is 6.22. The third-order valence-corrected chi connectivity index (χ3v) is 2.84. The minimum atomic E-state index is -0.690. The van der Waals surface area contributed by atoms with Crippen LogP contribution in [0.3, 0.4) is 0 Å². The number of likely N-dealkylation sites (tertiary alicyclic amines) is 1. The van der Waals surface area contributed by atoms with E-state index in [1.807, 2.05) is 0 Å². The van der Waals surface area contributed by atoms with Crippen LogP contribution in [0.2, 0.25) is 0 Å². The number of anilines is 1. The van der Waals surface area contributed by atoms with Crippen LogP contribution in [-0.4, -0.2) is 36.8 Å². The molecule has 1 aliphatic rings. The van der Waals surface area contributed by atoms with Crippen molar-refractivity contribution < 1.29 is 14.0 Å². The van der Waals surface area contributed by atoms with Gasteiger partial charge in [-0.2, -0.15) is 0 Å². The topological polar surface area (TPSA) is 53.9 Å². The smallest absolute Gasteiger partial charge is 0.298 e. The van der Waals surface area contributed by atoms with Gasteiger partial charge in [-0.05, 0) is 50.2 Å². The molecular formula is C13H16FN3O2. The molecule has 0 aromatic heterocycles. The molecule has 102 valence electrons. The maximum absolute atomic E-state index is 12.6. The molecule has 1 heterocycles. The molecule has 0 bridgehead atoms. The Morgan fingerprint density at radius 3 is 2.74 bits per heavy atom. The van der Waals surface area contributed by atoms with Crippen LogP contribution in [-0.2, 0) is 4.84 Å². The highest BCUT2D eigenvalue weighted by atomic mass is 19.1. The fourth-order valence-electron chi connectivity index (χ4n) is 1.87. The number of carbonyl (C=O) groups excluding carboxylic acids is 1. The Kier molecular flexibility index (Phi) is 4.85. The van der Waals surface area contributed by atoms with E-state index in [9.17, 15) is 9.18 Å². The van der Waals surface area contributed by atoms with Crippen molar-refractivity contribution in [1.82, 2.24) is 4.90 Å². The molecule has 1 aliphatic heterocycles. The Morgan fingerprint density at radius 2 is 2.05 bits per heavy atom. The summed E-state index contributed by atoms with van der Waals surface area (Å²) in [5.74, 6) is -0.359. The third kappa shape index (κ3) is 4.67. The van der Waals surface area contributed by atoms with E-state index in [-0.39, 0.29) is 5.82 Å². The lowest BCUT2D eigenvalue weighted by atomic mass is 10.3. The lowest BCUT2D eigenvalue weighted by molar-refractivity contribution is 0.166. The lowest BCUT2D eigenvalue weighted by Gasteiger charge is -2.09. The summed E-state index contributed by atoms with van der Waals surface area (Å²) in [6.07, 6.45) is 3.29. The van der Waals surface area contributed by atoms with Crippen molar-refractivity contribution in [3.63, 3.8) is 0 Å². The van der Waals surface area contributed by atoms with Gasteiger partial charge >= 0.3 is 6.09 Å². The summed E-state index contributed by atoms with van der Waals surface area (Å²) in [5.41, 5.74) is 0.459. The number of hydrogen-bond donors (Lipinski definition) is 1. The van der Waals surface area contributed by atoms with Crippen LogP contribution < -0.4 is 5.32 Å². The van der Waals surface area contributed by atoms with E-state index in [0.717, 1.165) is 13.1 Å². The largest absolute Gasteiger partial charge is 0.437 e. The number of benzene rings is 1. The molecule has 0 saturated carbocycles. The number of carbonyl (C=O) groups is 1. The summed E-state index contributed by atoms with van der Waals surface area (Å²) in [5, 5.41) is 6.04. The van der Waals surface area contributed by atoms with Gasteiger partial charge in [-0.3, -0.25) is 15.1 Å². The number of rotatable bonds is 4. The van der Waals surface area contributed by atoms with Gasteiger partial charge in [0.2, 0.25) is 0 Å². The molecule has 1 fully saturated rings. The predicted molar refractivity (Wildman–Crippen MR) is 70.7 cm³/mol. The molecule has 6 heteroatoms. The SMILES string of the molecule is O=C(Nc1ccc(F)cc1)ON=CCN1CCCC1. The maximum atomic E-state index is 12.6. The monoisotopic (exact) mass is 265 g/mol. The summed E-state index contributed by atoms with van der Waals surface area (Å²) in [7, 11) is 0. The van der Waals surface area contributed by atoms with E-state index in [1.165, 1.54) is 37.1 Å². The zero-order chi connectivity index (χ0) is 13.5. The molecule has 1 aromatic carbocycles. The molecule has 0 radical (unpaired) electrons. The van der Waals surface area contributed by atoms with Crippen LogP contribution >= 0.6 is 0 Å². The van der Waals surface area contributed by atoms with Gasteiger partial charge in [-0.25, -0.2) is 9.18 Å². The molecule has 19 heavy (non-hydrogen) atoms. The first-order chi connectivity index (χ1) is 9.24. The highest BCUT2D eigenvalue weighted by molar-refractivity contribution is 5.84. The number of halogens is 1. The Bertz CT molecular complexity index is 442. The van der Waals surface area contributed by atoms with Crippen LogP contribution in [0.1, 0.15) is 12.8 Å². The second kappa shape index (κ2) is 6.84. The molecule has 0 spiro atoms. The van der Waals surface area contributed by atoms with E-state index in [4.69, 9.17) is 0 Å². The van der Waals surface area contributed by atoms with Crippen molar-refractivity contribution in [1.29, 1.82) is 0 Å². The van der Waals surface area contributed by atoms with Crippen molar-refractivity contribution in [2.24, 2.45) is 5.16 Å². The Balaban J connectivity index is 1.69. The van der Waals surface area contributed by atoms with Gasteiger partial charge in [0.05, 0.1) is 6.21 Å². The summed E-state index contributed by atoms with van der Waals surface area (Å²) < 4.78 is 12.6. The molecule has 1 saturated heterocycles. The van der Waals surface area contributed by atoms with Gasteiger partial charge in [0, 0.05) is 12.2 Å². The van der Waals surface area contributed by atoms with Crippen LogP contribution in [0, 0.1) is 5.82 Å². The van der Waals surface area contributed by atoms with Crippen molar-refractivity contribution in [2.75, 3.05) is 25.0 Å². The maximum Gasteiger partial charge on any atom is 0.437 e. The first kappa shape index (κ1) is 13.5. The number of nitrogens with one attached hydrogen (secondary N) is 1. The second-order valence-corrected chi connectivity index (χ2v) is 4.31. The minimum absolute atomic E-state index is 0.359. The highest BCUT2D eigenvalue weighted by Gasteiger charge is 2.09. The summed E-state index contributed by atoms with van der Waals surface area (Å²) >= 11 is 0. The molecular weight excluding hydrogens is 249 g/mol. The predicted octanol–water partition coefficient (Wildman–Crippen LogP) is 2.46. The normalized spacial score (nSPS) is 15.8. The fourth-order valence-corrected chi connectivity index (χ4v) is 1.87. The molecule has 1 amide bonds. The number of oxime groups is 1. The zero-order valence-corrected chi connectivity index (χ0v) is 10.5. The summed E-state index contributed by atoms with van der Waals surface area (Å²) in [4.78, 5) is 18.2. The quantitative estimate of drug-likeness (QED) is 0.517. The van der Waals surface area contributed by atoms with Crippen LogP contribution in [0.4, 0.5) is 14.9 Å². The standard InChI is InChI=1S/C13H16FN3O2/c14-11-3-5-12(6-4-11)16-13(18)19-15-7-10-17-8-1-2-9-17/h3-7H,1-2,8-10H2,(H,16,18). The lowest BCUT2D eigenvalue weighted by Crippen LogP contribution is -2.21. The zero-order valence-electron chi connectivity index (χ0n) is 10.5. The average molecular weight is 265 g/mol. The summed E-state index contributed by atoms with van der Waals surface area (Å²) in [6.45, 7) is 2.81. The number of amides is 1. The van der Waals surface area contributed by atoms with Crippen molar-refractivity contribution in [3.8, 4) is 0 Å². The highest BCUT2D eigenvalue weighted by Crippen LogP contribution is 2.08. The van der Waals surface area contributed by atoms with E-state index in [2.05, 4.69) is 20.2 Å². The molecule has 0 aliphatic carbocycles. The van der Waals surface area contributed by atoms with Crippen molar-refractivity contribution >= 4 is 18.0 Å². The third-order valence-electron chi connectivity index (χ3n) is 2.84. The van der Waals surface area contributed by atoms with Gasteiger partial charge in [-0.1, -0.05) is 5.16 Å². The number of hydrogen-bond acceptors (Lipinski definition) is 4. The molecule has 1 N–H and O–H groups in total. The van der Waals surface area contributed by atoms with Gasteiger partial charge in [0.1, 0.15) is 5.82 Å². The van der Waals surface area contributed by atoms with Crippen LogP contribution in [0.15, 0.2) is 29.4 Å². The minimum Gasteiger partial charge on any atom is -0.298 e. The second-order valence-electron chi connectivity index (χ2n) is 4.31. The van der Waals surface area contributed by atoms with E-state index in [1.54, 1.807) is 6.21 Å². The van der Waals surface area contributed by atoms with E-state index in [0.29, 0.717) is 12.2 Å². The first-order valence-electron chi connectivity index (χ1n) is 6.22. The van der Waals surface area contributed by atoms with Gasteiger partial charge < -0.3 is 0 Å². The van der Waals surface area contributed by atoms with Crippen LogP contribution in [0.5, 0.6) is 0 Å². The molecule has 5 nitrogen and oxygen atoms in total. The molecule has 0 unspecified atom stereocenters. The Hall–Kier alpha value is -1.95. The van der Waals surface area contributed by atoms with Crippen molar-refractivity contribution in [2.45, 2.75) is 12.8 Å². The summed E-state index contributed by atoms with van der Waals surface area (Å²) in [6, 6.07) is 5.41. The molecule has 2 rings (SSSR count). The van der Waals surface area contributed by atoms with E-state index < -0.39 is 6.09 Å². The van der Waals surface area contributed by atoms with Gasteiger partial charge in [0.25, 0.3) is 0 Å². The van der Waals surface area contributed by atoms with Crippen LogP contribution in [0.25, 0.3) is 0 Å². The molecule has 0 atom stereocenters. The Morgan fingerprint density at radius 1 is 1.37 bits per heavy atom.